The van der Waals surface area contributed by atoms with Gasteiger partial charge in [-0.1, -0.05) is 24.3 Å². The van der Waals surface area contributed by atoms with Crippen LogP contribution in [0.3, 0.4) is 0 Å². The molecule has 0 heterocycles. The highest BCUT2D eigenvalue weighted by atomic mass is 127. The Bertz CT molecular complexity index is 493. The number of hydrogen-bond donors (Lipinski definition) is 1. The number of benzene rings is 2. The van der Waals surface area contributed by atoms with Crippen LogP contribution in [0.1, 0.15) is 0 Å². The van der Waals surface area contributed by atoms with E-state index in [2.05, 4.69) is 71.1 Å². The summed E-state index contributed by atoms with van der Waals surface area (Å²) in [5, 5.41) is 8.91. The van der Waals surface area contributed by atoms with Gasteiger partial charge in [-0.25, -0.2) is 0 Å². The molecule has 0 aromatic heterocycles. The molecule has 2 nitrogen and oxygen atoms in total. The number of halogens is 1. The maximum Gasteiger partial charge on any atom is 0.0606 e. The lowest BCUT2D eigenvalue weighted by atomic mass is 10.1. The molecule has 0 saturated heterocycles. The maximum absolute atomic E-state index is 8.91. The fourth-order valence-corrected chi connectivity index (χ4v) is 2.19. The topological polar surface area (TPSA) is 23.5 Å². The summed E-state index contributed by atoms with van der Waals surface area (Å²) in [6.07, 6.45) is 0. The van der Waals surface area contributed by atoms with Crippen molar-refractivity contribution < 1.29 is 5.11 Å². The predicted molar refractivity (Wildman–Crippen MR) is 85.0 cm³/mol. The van der Waals surface area contributed by atoms with Crippen LogP contribution in [0.5, 0.6) is 0 Å². The van der Waals surface area contributed by atoms with E-state index in [-0.39, 0.29) is 6.61 Å². The first-order chi connectivity index (χ1) is 8.70. The van der Waals surface area contributed by atoms with E-state index in [4.69, 9.17) is 5.11 Å². The van der Waals surface area contributed by atoms with Crippen molar-refractivity contribution in [2.24, 2.45) is 0 Å². The molecule has 2 rings (SSSR count). The second-order valence-corrected chi connectivity index (χ2v) is 5.44. The molecule has 0 spiro atoms. The Morgan fingerprint density at radius 2 is 1.44 bits per heavy atom. The molecule has 0 aliphatic heterocycles. The van der Waals surface area contributed by atoms with Crippen molar-refractivity contribution in [1.82, 2.24) is 0 Å². The number of anilines is 1. The molecule has 0 radical (unpaired) electrons. The van der Waals surface area contributed by atoms with Gasteiger partial charge in [0, 0.05) is 22.8 Å². The SMILES string of the molecule is CN(CCO)c1ccc(-c2ccc(I)cc2)cc1. The summed E-state index contributed by atoms with van der Waals surface area (Å²) in [6, 6.07) is 16.9. The molecule has 0 amide bonds. The lowest BCUT2D eigenvalue weighted by molar-refractivity contribution is 0.304. The van der Waals surface area contributed by atoms with E-state index < -0.39 is 0 Å². The van der Waals surface area contributed by atoms with Crippen molar-refractivity contribution in [1.29, 1.82) is 0 Å². The molecule has 0 aliphatic rings. The fourth-order valence-electron chi connectivity index (χ4n) is 1.83. The maximum atomic E-state index is 8.91. The summed E-state index contributed by atoms with van der Waals surface area (Å²) in [7, 11) is 1.98. The van der Waals surface area contributed by atoms with E-state index in [0.29, 0.717) is 6.54 Å². The molecule has 3 heteroatoms. The Morgan fingerprint density at radius 3 is 1.94 bits per heavy atom. The zero-order valence-electron chi connectivity index (χ0n) is 10.3. The van der Waals surface area contributed by atoms with E-state index in [1.165, 1.54) is 14.7 Å². The third-order valence-corrected chi connectivity index (χ3v) is 3.64. The summed E-state index contributed by atoms with van der Waals surface area (Å²) in [5.74, 6) is 0. The molecule has 0 aliphatic carbocycles. The van der Waals surface area contributed by atoms with Gasteiger partial charge in [0.25, 0.3) is 0 Å². The van der Waals surface area contributed by atoms with Gasteiger partial charge in [0.2, 0.25) is 0 Å². The van der Waals surface area contributed by atoms with E-state index in [1.54, 1.807) is 0 Å². The van der Waals surface area contributed by atoms with E-state index in [9.17, 15) is 0 Å². The van der Waals surface area contributed by atoms with Gasteiger partial charge in [-0.3, -0.25) is 0 Å². The molecule has 1 N–H and O–H groups in total. The number of hydrogen-bond acceptors (Lipinski definition) is 2. The Labute approximate surface area is 121 Å². The molecule has 94 valence electrons. The Hall–Kier alpha value is -1.07. The smallest absolute Gasteiger partial charge is 0.0606 e. The third kappa shape index (κ3) is 3.23. The van der Waals surface area contributed by atoms with Crippen molar-refractivity contribution in [3.63, 3.8) is 0 Å². The molecule has 2 aromatic carbocycles. The standard InChI is InChI=1S/C15H16INO/c1-17(10-11-18)15-8-4-13(5-9-15)12-2-6-14(16)7-3-12/h2-9,18H,10-11H2,1H3. The molecule has 0 unspecified atom stereocenters. The number of aliphatic hydroxyl groups excluding tert-OH is 1. The molecule has 2 aromatic rings. The van der Waals surface area contributed by atoms with Gasteiger partial charge in [-0.2, -0.15) is 0 Å². The second-order valence-electron chi connectivity index (χ2n) is 4.20. The summed E-state index contributed by atoms with van der Waals surface area (Å²) in [6.45, 7) is 0.832. The Balaban J connectivity index is 2.19. The van der Waals surface area contributed by atoms with Gasteiger partial charge in [0.1, 0.15) is 0 Å². The number of nitrogens with zero attached hydrogens (tertiary/aromatic N) is 1. The van der Waals surface area contributed by atoms with Crippen LogP contribution in [-0.2, 0) is 0 Å². The van der Waals surface area contributed by atoms with Crippen molar-refractivity contribution >= 4 is 28.3 Å². The van der Waals surface area contributed by atoms with Crippen molar-refractivity contribution in [3.05, 3.63) is 52.1 Å². The Morgan fingerprint density at radius 1 is 0.944 bits per heavy atom. The van der Waals surface area contributed by atoms with Crippen molar-refractivity contribution in [2.75, 3.05) is 25.1 Å². The van der Waals surface area contributed by atoms with Gasteiger partial charge in [-0.15, -0.1) is 0 Å². The van der Waals surface area contributed by atoms with E-state index >= 15 is 0 Å². The minimum atomic E-state index is 0.176. The predicted octanol–water partition coefficient (Wildman–Crippen LogP) is 3.39. The molecular weight excluding hydrogens is 337 g/mol. The van der Waals surface area contributed by atoms with Crippen LogP contribution in [0.2, 0.25) is 0 Å². The molecule has 0 saturated carbocycles. The number of aliphatic hydroxyl groups is 1. The number of likely N-dealkylation sites (N-methyl/N-ethyl adjacent to an activating group) is 1. The van der Waals surface area contributed by atoms with Gasteiger partial charge >= 0.3 is 0 Å². The van der Waals surface area contributed by atoms with Crippen molar-refractivity contribution in [2.45, 2.75) is 0 Å². The first-order valence-electron chi connectivity index (χ1n) is 5.88. The molecular formula is C15H16INO. The normalized spacial score (nSPS) is 10.4. The lowest BCUT2D eigenvalue weighted by Crippen LogP contribution is -2.20. The second kappa shape index (κ2) is 6.20. The molecule has 18 heavy (non-hydrogen) atoms. The van der Waals surface area contributed by atoms with Crippen LogP contribution in [0, 0.1) is 3.57 Å². The zero-order chi connectivity index (χ0) is 13.0. The first kappa shape index (κ1) is 13.4. The van der Waals surface area contributed by atoms with Crippen LogP contribution in [0.4, 0.5) is 5.69 Å². The summed E-state index contributed by atoms with van der Waals surface area (Å²) in [4.78, 5) is 2.04. The largest absolute Gasteiger partial charge is 0.395 e. The van der Waals surface area contributed by atoms with Crippen LogP contribution in [-0.4, -0.2) is 25.3 Å². The highest BCUT2D eigenvalue weighted by molar-refractivity contribution is 14.1. The van der Waals surface area contributed by atoms with Crippen molar-refractivity contribution in [3.8, 4) is 11.1 Å². The molecule has 0 fully saturated rings. The van der Waals surface area contributed by atoms with Gasteiger partial charge in [-0.05, 0) is 58.0 Å². The van der Waals surface area contributed by atoms with E-state index in [1.807, 2.05) is 11.9 Å². The van der Waals surface area contributed by atoms with Crippen LogP contribution in [0.25, 0.3) is 11.1 Å². The highest BCUT2D eigenvalue weighted by Gasteiger charge is 2.01. The summed E-state index contributed by atoms with van der Waals surface area (Å²) < 4.78 is 1.25. The molecule has 0 atom stereocenters. The monoisotopic (exact) mass is 353 g/mol. The average Bonchev–Trinajstić information content (AvgIpc) is 2.40. The van der Waals surface area contributed by atoms with Crippen LogP contribution >= 0.6 is 22.6 Å². The summed E-state index contributed by atoms with van der Waals surface area (Å²) >= 11 is 2.31. The van der Waals surface area contributed by atoms with Gasteiger partial charge in [0.05, 0.1) is 6.61 Å². The third-order valence-electron chi connectivity index (χ3n) is 2.92. The van der Waals surface area contributed by atoms with Crippen LogP contribution in [0.15, 0.2) is 48.5 Å². The Kier molecular flexibility index (Phi) is 4.60. The summed E-state index contributed by atoms with van der Waals surface area (Å²) in [5.41, 5.74) is 3.57. The minimum absolute atomic E-state index is 0.176. The average molecular weight is 353 g/mol. The first-order valence-corrected chi connectivity index (χ1v) is 6.96. The van der Waals surface area contributed by atoms with Crippen LogP contribution < -0.4 is 4.90 Å². The zero-order valence-corrected chi connectivity index (χ0v) is 12.5. The fraction of sp³-hybridized carbons (Fsp3) is 0.200. The quantitative estimate of drug-likeness (QED) is 0.852. The van der Waals surface area contributed by atoms with E-state index in [0.717, 1.165) is 5.69 Å². The number of rotatable bonds is 4. The molecule has 0 bridgehead atoms. The lowest BCUT2D eigenvalue weighted by Gasteiger charge is -2.18. The highest BCUT2D eigenvalue weighted by Crippen LogP contribution is 2.23. The van der Waals surface area contributed by atoms with Gasteiger partial charge < -0.3 is 10.0 Å². The van der Waals surface area contributed by atoms with Gasteiger partial charge in [0.15, 0.2) is 0 Å². The minimum Gasteiger partial charge on any atom is -0.395 e.